The maximum Gasteiger partial charge on any atom is 0.319 e. The van der Waals surface area contributed by atoms with Gasteiger partial charge in [0, 0.05) is 10.8 Å². The minimum absolute atomic E-state index is 0.00359. The first-order valence-electron chi connectivity index (χ1n) is 7.80. The summed E-state index contributed by atoms with van der Waals surface area (Å²) in [6, 6.07) is 2.60. The van der Waals surface area contributed by atoms with E-state index < -0.39 is 11.1 Å². The first kappa shape index (κ1) is 20.8. The third-order valence-electron chi connectivity index (χ3n) is 3.18. The third kappa shape index (κ3) is 5.67. The van der Waals surface area contributed by atoms with Crippen molar-refractivity contribution in [3.63, 3.8) is 0 Å². The predicted molar refractivity (Wildman–Crippen MR) is 96.0 cm³/mol. The highest BCUT2D eigenvalue weighted by Crippen LogP contribution is 2.37. The Bertz CT molecular complexity index is 608. The lowest BCUT2D eigenvalue weighted by molar-refractivity contribution is -0.143. The molecule has 1 amide bonds. The van der Waals surface area contributed by atoms with Crippen molar-refractivity contribution in [2.75, 3.05) is 11.9 Å². The molecular formula is C17H23ClFNO3S. The first-order chi connectivity index (χ1) is 11.2. The lowest BCUT2D eigenvalue weighted by Crippen LogP contribution is -2.25. The van der Waals surface area contributed by atoms with Gasteiger partial charge < -0.3 is 10.1 Å². The van der Waals surface area contributed by atoms with Gasteiger partial charge in [0.1, 0.15) is 11.1 Å². The molecule has 1 unspecified atom stereocenters. The number of nitrogens with one attached hydrogen (secondary N) is 1. The van der Waals surface area contributed by atoms with E-state index in [0.717, 1.165) is 6.07 Å². The molecule has 7 heteroatoms. The number of hydrogen-bond donors (Lipinski definition) is 1. The van der Waals surface area contributed by atoms with Gasteiger partial charge in [0.25, 0.3) is 0 Å². The number of halogens is 2. The van der Waals surface area contributed by atoms with Crippen molar-refractivity contribution in [3.8, 4) is 0 Å². The predicted octanol–water partition coefficient (Wildman–Crippen LogP) is 4.75. The van der Waals surface area contributed by atoms with E-state index in [2.05, 4.69) is 5.32 Å². The standard InChI is InChI=1S/C17H23ClFNO3S/c1-6-23-17(22)15(9(2)3)24-14-8-13(12(19)7-11(14)18)20-16(21)10(4)5/h7-10,15H,6H2,1-5H3,(H,20,21). The number of anilines is 1. The molecule has 0 spiro atoms. The van der Waals surface area contributed by atoms with E-state index in [0.29, 0.717) is 4.90 Å². The maximum atomic E-state index is 14.0. The number of hydrogen-bond acceptors (Lipinski definition) is 4. The van der Waals surface area contributed by atoms with Crippen LogP contribution < -0.4 is 5.32 Å². The molecule has 1 N–H and O–H groups in total. The van der Waals surface area contributed by atoms with Gasteiger partial charge in [0.05, 0.1) is 17.3 Å². The summed E-state index contributed by atoms with van der Waals surface area (Å²) in [5.41, 5.74) is 0.0481. The normalized spacial score (nSPS) is 12.4. The fourth-order valence-electron chi connectivity index (χ4n) is 1.81. The molecule has 1 atom stereocenters. The zero-order chi connectivity index (χ0) is 18.4. The summed E-state index contributed by atoms with van der Waals surface area (Å²) in [5, 5.41) is 2.25. The average molecular weight is 376 g/mol. The van der Waals surface area contributed by atoms with Crippen LogP contribution >= 0.6 is 23.4 Å². The van der Waals surface area contributed by atoms with Crippen LogP contribution in [0.5, 0.6) is 0 Å². The van der Waals surface area contributed by atoms with E-state index in [1.54, 1.807) is 20.8 Å². The summed E-state index contributed by atoms with van der Waals surface area (Å²) in [7, 11) is 0. The van der Waals surface area contributed by atoms with Gasteiger partial charge in [-0.1, -0.05) is 39.3 Å². The number of amides is 1. The number of ether oxygens (including phenoxy) is 1. The van der Waals surface area contributed by atoms with Crippen LogP contribution in [0.3, 0.4) is 0 Å². The zero-order valence-electron chi connectivity index (χ0n) is 14.5. The fourth-order valence-corrected chi connectivity index (χ4v) is 3.16. The largest absolute Gasteiger partial charge is 0.465 e. The van der Waals surface area contributed by atoms with E-state index in [1.165, 1.54) is 17.8 Å². The topological polar surface area (TPSA) is 55.4 Å². The SMILES string of the molecule is CCOC(=O)C(Sc1cc(NC(=O)C(C)C)c(F)cc1Cl)C(C)C. The molecular weight excluding hydrogens is 353 g/mol. The van der Waals surface area contributed by atoms with Gasteiger partial charge in [0.15, 0.2) is 0 Å². The van der Waals surface area contributed by atoms with Crippen molar-refractivity contribution in [1.29, 1.82) is 0 Å². The Balaban J connectivity index is 3.09. The van der Waals surface area contributed by atoms with Crippen LogP contribution in [0.25, 0.3) is 0 Å². The van der Waals surface area contributed by atoms with Gasteiger partial charge in [-0.15, -0.1) is 11.8 Å². The second-order valence-electron chi connectivity index (χ2n) is 5.94. The molecule has 24 heavy (non-hydrogen) atoms. The minimum atomic E-state index is -0.615. The first-order valence-corrected chi connectivity index (χ1v) is 9.06. The number of carbonyl (C=O) groups excluding carboxylic acids is 2. The molecule has 0 fully saturated rings. The van der Waals surface area contributed by atoms with E-state index >= 15 is 0 Å². The van der Waals surface area contributed by atoms with Gasteiger partial charge in [-0.3, -0.25) is 9.59 Å². The lowest BCUT2D eigenvalue weighted by atomic mass is 10.1. The number of thioether (sulfide) groups is 1. The number of carbonyl (C=O) groups is 2. The Morgan fingerprint density at radius 3 is 2.42 bits per heavy atom. The van der Waals surface area contributed by atoms with E-state index in [1.807, 2.05) is 13.8 Å². The smallest absolute Gasteiger partial charge is 0.319 e. The highest BCUT2D eigenvalue weighted by molar-refractivity contribution is 8.00. The molecule has 0 radical (unpaired) electrons. The molecule has 1 aromatic carbocycles. The van der Waals surface area contributed by atoms with Crippen molar-refractivity contribution in [2.45, 2.75) is 44.8 Å². The van der Waals surface area contributed by atoms with Crippen molar-refractivity contribution in [2.24, 2.45) is 11.8 Å². The Hall–Kier alpha value is -1.27. The molecule has 1 aromatic rings. The number of rotatable bonds is 7. The van der Waals surface area contributed by atoms with Crippen LogP contribution in [0, 0.1) is 17.7 Å². The van der Waals surface area contributed by atoms with Crippen molar-refractivity contribution < 1.29 is 18.7 Å². The summed E-state index contributed by atoms with van der Waals surface area (Å²) in [4.78, 5) is 24.4. The Morgan fingerprint density at radius 2 is 1.92 bits per heavy atom. The summed E-state index contributed by atoms with van der Waals surface area (Å²) in [6.45, 7) is 9.25. The monoisotopic (exact) mass is 375 g/mol. The van der Waals surface area contributed by atoms with Crippen molar-refractivity contribution in [3.05, 3.63) is 23.0 Å². The summed E-state index contributed by atoms with van der Waals surface area (Å²) in [6.07, 6.45) is 0. The summed E-state index contributed by atoms with van der Waals surface area (Å²) < 4.78 is 19.1. The summed E-state index contributed by atoms with van der Waals surface area (Å²) in [5.74, 6) is -1.53. The van der Waals surface area contributed by atoms with Crippen LogP contribution in [-0.2, 0) is 14.3 Å². The number of benzene rings is 1. The van der Waals surface area contributed by atoms with Crippen LogP contribution in [0.15, 0.2) is 17.0 Å². The van der Waals surface area contributed by atoms with Crippen LogP contribution in [0.2, 0.25) is 5.02 Å². The summed E-state index contributed by atoms with van der Waals surface area (Å²) >= 11 is 7.31. The molecule has 0 aliphatic rings. The minimum Gasteiger partial charge on any atom is -0.465 e. The van der Waals surface area contributed by atoms with Crippen LogP contribution in [0.4, 0.5) is 10.1 Å². The third-order valence-corrected chi connectivity index (χ3v) is 5.19. The molecule has 4 nitrogen and oxygen atoms in total. The molecule has 0 aromatic heterocycles. The highest BCUT2D eigenvalue weighted by Gasteiger charge is 2.26. The fraction of sp³-hybridized carbons (Fsp3) is 0.529. The lowest BCUT2D eigenvalue weighted by Gasteiger charge is -2.20. The molecule has 0 aliphatic heterocycles. The molecule has 0 bridgehead atoms. The quantitative estimate of drug-likeness (QED) is 0.551. The molecule has 0 saturated carbocycles. The number of esters is 1. The molecule has 0 aliphatic carbocycles. The van der Waals surface area contributed by atoms with E-state index in [-0.39, 0.29) is 41.0 Å². The molecule has 0 saturated heterocycles. The van der Waals surface area contributed by atoms with Gasteiger partial charge in [-0.2, -0.15) is 0 Å². The highest BCUT2D eigenvalue weighted by atomic mass is 35.5. The van der Waals surface area contributed by atoms with Crippen LogP contribution in [-0.4, -0.2) is 23.7 Å². The van der Waals surface area contributed by atoms with Crippen LogP contribution in [0.1, 0.15) is 34.6 Å². The van der Waals surface area contributed by atoms with E-state index in [9.17, 15) is 14.0 Å². The second-order valence-corrected chi connectivity index (χ2v) is 7.53. The zero-order valence-corrected chi connectivity index (χ0v) is 16.1. The molecule has 1 rings (SSSR count). The second kappa shape index (κ2) is 9.28. The Labute approximate surface area is 151 Å². The van der Waals surface area contributed by atoms with Gasteiger partial charge in [-0.05, 0) is 25.0 Å². The van der Waals surface area contributed by atoms with Crippen molar-refractivity contribution in [1.82, 2.24) is 0 Å². The maximum absolute atomic E-state index is 14.0. The van der Waals surface area contributed by atoms with Gasteiger partial charge in [-0.25, -0.2) is 4.39 Å². The van der Waals surface area contributed by atoms with Crippen molar-refractivity contribution >= 4 is 40.9 Å². The molecule has 0 heterocycles. The van der Waals surface area contributed by atoms with E-state index in [4.69, 9.17) is 16.3 Å². The Morgan fingerprint density at radius 1 is 1.29 bits per heavy atom. The van der Waals surface area contributed by atoms with Gasteiger partial charge >= 0.3 is 5.97 Å². The average Bonchev–Trinajstić information content (AvgIpc) is 2.48. The molecule has 134 valence electrons. The van der Waals surface area contributed by atoms with Gasteiger partial charge in [0.2, 0.25) is 5.91 Å². The Kier molecular flexibility index (Phi) is 8.03.